The Labute approximate surface area is 59.9 Å². The summed E-state index contributed by atoms with van der Waals surface area (Å²) in [5.74, 6) is 0.667. The van der Waals surface area contributed by atoms with Gasteiger partial charge in [-0.2, -0.15) is 0 Å². The second kappa shape index (κ2) is 1.75. The topological polar surface area (TPSA) is 43.8 Å². The summed E-state index contributed by atoms with van der Waals surface area (Å²) >= 11 is 0. The van der Waals surface area contributed by atoms with Crippen molar-refractivity contribution in [3.8, 4) is 0 Å². The molecule has 2 rings (SSSR count). The summed E-state index contributed by atoms with van der Waals surface area (Å²) in [5, 5.41) is 0. The maximum atomic E-state index is 5.63. The molecular weight excluding hydrogens is 126 g/mol. The highest BCUT2D eigenvalue weighted by molar-refractivity contribution is 5.23. The molecule has 0 unspecified atom stereocenters. The largest absolute Gasteiger partial charge is 0.369 e. The van der Waals surface area contributed by atoms with Gasteiger partial charge in [0, 0.05) is 12.2 Å². The van der Waals surface area contributed by atoms with Crippen LogP contribution in [0.3, 0.4) is 0 Å². The van der Waals surface area contributed by atoms with Gasteiger partial charge < -0.3 is 10.3 Å². The van der Waals surface area contributed by atoms with Crippen LogP contribution in [0.5, 0.6) is 0 Å². The van der Waals surface area contributed by atoms with Crippen molar-refractivity contribution in [3.05, 3.63) is 11.9 Å². The van der Waals surface area contributed by atoms with Crippen LogP contribution in [-0.4, -0.2) is 9.55 Å². The van der Waals surface area contributed by atoms with E-state index in [1.165, 1.54) is 12.8 Å². The Morgan fingerprint density at radius 3 is 2.80 bits per heavy atom. The molecule has 1 saturated carbocycles. The van der Waals surface area contributed by atoms with E-state index in [1.807, 2.05) is 13.1 Å². The molecule has 1 fully saturated rings. The lowest BCUT2D eigenvalue weighted by molar-refractivity contribution is 0.752. The first-order valence-corrected chi connectivity index (χ1v) is 3.58. The van der Waals surface area contributed by atoms with Gasteiger partial charge >= 0.3 is 0 Å². The highest BCUT2D eigenvalue weighted by Crippen LogP contribution is 2.36. The number of imidazole rings is 1. The highest BCUT2D eigenvalue weighted by atomic mass is 15.2. The maximum Gasteiger partial charge on any atom is 0.200 e. The van der Waals surface area contributed by atoms with E-state index in [0.717, 1.165) is 5.69 Å². The van der Waals surface area contributed by atoms with Gasteiger partial charge in [0.25, 0.3) is 0 Å². The van der Waals surface area contributed by atoms with Gasteiger partial charge in [-0.25, -0.2) is 4.98 Å². The SMILES string of the molecule is Cc1cn(C2CC2)c(N)n1. The van der Waals surface area contributed by atoms with Gasteiger partial charge in [0.2, 0.25) is 5.95 Å². The lowest BCUT2D eigenvalue weighted by atomic mass is 10.5. The van der Waals surface area contributed by atoms with Gasteiger partial charge in [0.15, 0.2) is 0 Å². The zero-order valence-corrected chi connectivity index (χ0v) is 6.04. The smallest absolute Gasteiger partial charge is 0.200 e. The van der Waals surface area contributed by atoms with E-state index < -0.39 is 0 Å². The molecule has 0 spiro atoms. The minimum absolute atomic E-state index is 0.654. The second-order valence-corrected chi connectivity index (χ2v) is 2.88. The van der Waals surface area contributed by atoms with Crippen molar-refractivity contribution in [3.63, 3.8) is 0 Å². The summed E-state index contributed by atoms with van der Waals surface area (Å²) in [4.78, 5) is 4.11. The molecule has 1 aromatic heterocycles. The molecule has 0 radical (unpaired) electrons. The Balaban J connectivity index is 2.38. The molecule has 0 aromatic carbocycles. The van der Waals surface area contributed by atoms with Crippen LogP contribution in [0.2, 0.25) is 0 Å². The molecule has 0 aliphatic heterocycles. The van der Waals surface area contributed by atoms with Gasteiger partial charge in [-0.3, -0.25) is 0 Å². The van der Waals surface area contributed by atoms with Crippen molar-refractivity contribution in [1.29, 1.82) is 0 Å². The number of hydrogen-bond acceptors (Lipinski definition) is 2. The van der Waals surface area contributed by atoms with Gasteiger partial charge in [-0.1, -0.05) is 0 Å². The molecular formula is C7H11N3. The molecule has 0 amide bonds. The third-order valence-electron chi connectivity index (χ3n) is 1.82. The molecule has 1 aliphatic rings. The van der Waals surface area contributed by atoms with Crippen molar-refractivity contribution < 1.29 is 0 Å². The average molecular weight is 137 g/mol. The van der Waals surface area contributed by atoms with Crippen LogP contribution in [0.15, 0.2) is 6.20 Å². The number of hydrogen-bond donors (Lipinski definition) is 1. The van der Waals surface area contributed by atoms with Crippen molar-refractivity contribution in [2.45, 2.75) is 25.8 Å². The Morgan fingerprint density at radius 2 is 2.40 bits per heavy atom. The molecule has 1 heterocycles. The quantitative estimate of drug-likeness (QED) is 0.630. The number of aromatic nitrogens is 2. The lowest BCUT2D eigenvalue weighted by Gasteiger charge is -1.97. The van der Waals surface area contributed by atoms with Crippen molar-refractivity contribution in [2.24, 2.45) is 0 Å². The van der Waals surface area contributed by atoms with Gasteiger partial charge in [-0.15, -0.1) is 0 Å². The number of rotatable bonds is 1. The third kappa shape index (κ3) is 0.781. The van der Waals surface area contributed by atoms with E-state index >= 15 is 0 Å². The zero-order valence-electron chi connectivity index (χ0n) is 6.04. The van der Waals surface area contributed by atoms with E-state index in [1.54, 1.807) is 0 Å². The predicted molar refractivity (Wildman–Crippen MR) is 39.6 cm³/mol. The van der Waals surface area contributed by atoms with Crippen LogP contribution >= 0.6 is 0 Å². The number of nitrogen functional groups attached to an aromatic ring is 1. The molecule has 1 aromatic rings. The fourth-order valence-corrected chi connectivity index (χ4v) is 1.18. The second-order valence-electron chi connectivity index (χ2n) is 2.88. The van der Waals surface area contributed by atoms with Crippen LogP contribution in [-0.2, 0) is 0 Å². The van der Waals surface area contributed by atoms with Gasteiger partial charge in [0.05, 0.1) is 5.69 Å². The Hall–Kier alpha value is -0.990. The van der Waals surface area contributed by atoms with E-state index in [4.69, 9.17) is 5.73 Å². The first-order chi connectivity index (χ1) is 4.77. The zero-order chi connectivity index (χ0) is 7.14. The summed E-state index contributed by atoms with van der Waals surface area (Å²) in [6.07, 6.45) is 4.55. The first kappa shape index (κ1) is 5.77. The average Bonchev–Trinajstić information content (AvgIpc) is 2.61. The number of aryl methyl sites for hydroxylation is 1. The van der Waals surface area contributed by atoms with E-state index in [-0.39, 0.29) is 0 Å². The Bertz CT molecular complexity index is 247. The standard InChI is InChI=1S/C7H11N3/c1-5-4-10(6-2-3-6)7(8)9-5/h4,6H,2-3H2,1H3,(H2,8,9). The molecule has 0 atom stereocenters. The van der Waals surface area contributed by atoms with E-state index in [2.05, 4.69) is 9.55 Å². The summed E-state index contributed by atoms with van der Waals surface area (Å²) in [7, 11) is 0. The molecule has 0 saturated heterocycles. The van der Waals surface area contributed by atoms with Gasteiger partial charge in [0.1, 0.15) is 0 Å². The van der Waals surface area contributed by atoms with Crippen LogP contribution in [0.1, 0.15) is 24.6 Å². The summed E-state index contributed by atoms with van der Waals surface area (Å²) in [6.45, 7) is 1.97. The summed E-state index contributed by atoms with van der Waals surface area (Å²) < 4.78 is 2.06. The Kier molecular flexibility index (Phi) is 1.01. The lowest BCUT2D eigenvalue weighted by Crippen LogP contribution is -1.98. The molecule has 1 aliphatic carbocycles. The minimum atomic E-state index is 0.654. The van der Waals surface area contributed by atoms with Crippen molar-refractivity contribution in [1.82, 2.24) is 9.55 Å². The van der Waals surface area contributed by atoms with Crippen LogP contribution in [0.25, 0.3) is 0 Å². The molecule has 2 N–H and O–H groups in total. The summed E-state index contributed by atoms with van der Waals surface area (Å²) in [6, 6.07) is 0.654. The normalized spacial score (nSPS) is 17.7. The fourth-order valence-electron chi connectivity index (χ4n) is 1.18. The molecule has 54 valence electrons. The van der Waals surface area contributed by atoms with Crippen LogP contribution in [0, 0.1) is 6.92 Å². The molecule has 10 heavy (non-hydrogen) atoms. The predicted octanol–water partition coefficient (Wildman–Crippen LogP) is 1.11. The number of nitrogens with zero attached hydrogens (tertiary/aromatic N) is 2. The van der Waals surface area contributed by atoms with E-state index in [0.29, 0.717) is 12.0 Å². The molecule has 3 heteroatoms. The van der Waals surface area contributed by atoms with Gasteiger partial charge in [-0.05, 0) is 19.8 Å². The fraction of sp³-hybridized carbons (Fsp3) is 0.571. The molecule has 0 bridgehead atoms. The summed E-state index contributed by atoms with van der Waals surface area (Å²) in [5.41, 5.74) is 6.65. The third-order valence-corrected chi connectivity index (χ3v) is 1.82. The number of anilines is 1. The Morgan fingerprint density at radius 1 is 1.70 bits per heavy atom. The molecule has 3 nitrogen and oxygen atoms in total. The van der Waals surface area contributed by atoms with Crippen molar-refractivity contribution >= 4 is 5.95 Å². The van der Waals surface area contributed by atoms with E-state index in [9.17, 15) is 0 Å². The first-order valence-electron chi connectivity index (χ1n) is 3.58. The monoisotopic (exact) mass is 137 g/mol. The van der Waals surface area contributed by atoms with Crippen LogP contribution in [0.4, 0.5) is 5.95 Å². The highest BCUT2D eigenvalue weighted by Gasteiger charge is 2.25. The van der Waals surface area contributed by atoms with Crippen LogP contribution < -0.4 is 5.73 Å². The number of nitrogens with two attached hydrogens (primary N) is 1. The maximum absolute atomic E-state index is 5.63. The minimum Gasteiger partial charge on any atom is -0.369 e. The van der Waals surface area contributed by atoms with Crippen molar-refractivity contribution in [2.75, 3.05) is 5.73 Å².